The van der Waals surface area contributed by atoms with Crippen molar-refractivity contribution in [2.24, 2.45) is 0 Å². The van der Waals surface area contributed by atoms with E-state index in [9.17, 15) is 0 Å². The molecule has 3 heteroatoms. The quantitative estimate of drug-likeness (QED) is 0.196. The first-order chi connectivity index (χ1) is 20.7. The Hall–Kier alpha value is -4.99. The van der Waals surface area contributed by atoms with Gasteiger partial charge in [-0.05, 0) is 70.8 Å². The molecule has 6 aromatic carbocycles. The van der Waals surface area contributed by atoms with Crippen molar-refractivity contribution < 1.29 is 0 Å². The molecule has 0 fully saturated rings. The van der Waals surface area contributed by atoms with Gasteiger partial charge in [0.05, 0.1) is 22.2 Å². The van der Waals surface area contributed by atoms with E-state index in [4.69, 9.17) is 4.98 Å². The SMILES string of the molecule is Brc1cccc(-c2ccc3c4ccc(-c5ccc6ccccc6n5)cc4n(-c4ccc(-c5ccccc5)cc4)c3c2)c1. The average Bonchev–Trinajstić information content (AvgIpc) is 3.38. The Labute approximate surface area is 252 Å². The molecule has 42 heavy (non-hydrogen) atoms. The summed E-state index contributed by atoms with van der Waals surface area (Å²) >= 11 is 3.65. The molecule has 0 N–H and O–H groups in total. The van der Waals surface area contributed by atoms with Gasteiger partial charge in [0, 0.05) is 31.9 Å². The highest BCUT2D eigenvalue weighted by Crippen LogP contribution is 2.37. The van der Waals surface area contributed by atoms with Gasteiger partial charge in [-0.3, -0.25) is 0 Å². The normalized spacial score (nSPS) is 11.5. The van der Waals surface area contributed by atoms with Crippen molar-refractivity contribution in [2.45, 2.75) is 0 Å². The molecule has 2 aromatic heterocycles. The summed E-state index contributed by atoms with van der Waals surface area (Å²) < 4.78 is 3.47. The summed E-state index contributed by atoms with van der Waals surface area (Å²) in [5, 5.41) is 3.60. The summed E-state index contributed by atoms with van der Waals surface area (Å²) in [5.41, 5.74) is 11.3. The highest BCUT2D eigenvalue weighted by Gasteiger charge is 2.15. The van der Waals surface area contributed by atoms with Crippen molar-refractivity contribution >= 4 is 48.6 Å². The number of pyridine rings is 1. The number of para-hydroxylation sites is 1. The van der Waals surface area contributed by atoms with Crippen LogP contribution in [0.1, 0.15) is 0 Å². The Balaban J connectivity index is 1.35. The Bertz CT molecular complexity index is 2250. The third kappa shape index (κ3) is 4.30. The molecule has 0 amide bonds. The number of fused-ring (bicyclic) bond motifs is 4. The number of aromatic nitrogens is 2. The molecule has 0 aliphatic heterocycles. The van der Waals surface area contributed by atoms with Crippen LogP contribution < -0.4 is 0 Å². The topological polar surface area (TPSA) is 17.8 Å². The number of hydrogen-bond donors (Lipinski definition) is 0. The number of benzene rings is 6. The van der Waals surface area contributed by atoms with Gasteiger partial charge in [0.25, 0.3) is 0 Å². The average molecular weight is 602 g/mol. The van der Waals surface area contributed by atoms with Gasteiger partial charge >= 0.3 is 0 Å². The van der Waals surface area contributed by atoms with Gasteiger partial charge in [0.1, 0.15) is 0 Å². The van der Waals surface area contributed by atoms with Crippen LogP contribution in [0.4, 0.5) is 0 Å². The summed E-state index contributed by atoms with van der Waals surface area (Å²) in [7, 11) is 0. The van der Waals surface area contributed by atoms with Gasteiger partial charge in [-0.15, -0.1) is 0 Å². The lowest BCUT2D eigenvalue weighted by Crippen LogP contribution is -1.95. The molecule has 0 aliphatic rings. The predicted octanol–water partition coefficient (Wildman–Crippen LogP) is 11.1. The number of nitrogens with zero attached hydrogens (tertiary/aromatic N) is 2. The molecule has 0 saturated heterocycles. The lowest BCUT2D eigenvalue weighted by Gasteiger charge is -2.11. The van der Waals surface area contributed by atoms with E-state index < -0.39 is 0 Å². The fourth-order valence-corrected chi connectivity index (χ4v) is 6.36. The fraction of sp³-hybridized carbons (Fsp3) is 0. The molecule has 2 nitrogen and oxygen atoms in total. The molecule has 0 spiro atoms. The summed E-state index contributed by atoms with van der Waals surface area (Å²) in [4.78, 5) is 5.00. The summed E-state index contributed by atoms with van der Waals surface area (Å²) in [6, 6.07) is 54.0. The van der Waals surface area contributed by atoms with Crippen molar-refractivity contribution in [3.8, 4) is 39.2 Å². The maximum Gasteiger partial charge on any atom is 0.0710 e. The zero-order valence-electron chi connectivity index (χ0n) is 22.7. The van der Waals surface area contributed by atoms with E-state index >= 15 is 0 Å². The lowest BCUT2D eigenvalue weighted by molar-refractivity contribution is 1.18. The summed E-state index contributed by atoms with van der Waals surface area (Å²) in [6.45, 7) is 0. The molecule has 8 aromatic rings. The molecule has 0 unspecified atom stereocenters. The molecule has 0 bridgehead atoms. The van der Waals surface area contributed by atoms with Crippen LogP contribution in [0.5, 0.6) is 0 Å². The highest BCUT2D eigenvalue weighted by atomic mass is 79.9. The van der Waals surface area contributed by atoms with Crippen LogP contribution in [-0.4, -0.2) is 9.55 Å². The van der Waals surface area contributed by atoms with Crippen molar-refractivity contribution in [3.05, 3.63) is 156 Å². The molecule has 0 atom stereocenters. The van der Waals surface area contributed by atoms with Gasteiger partial charge in [-0.2, -0.15) is 0 Å². The van der Waals surface area contributed by atoms with Crippen molar-refractivity contribution in [1.82, 2.24) is 9.55 Å². The minimum absolute atomic E-state index is 0.974. The smallest absolute Gasteiger partial charge is 0.0710 e. The van der Waals surface area contributed by atoms with E-state index in [-0.39, 0.29) is 0 Å². The second-order valence-electron chi connectivity index (χ2n) is 10.6. The van der Waals surface area contributed by atoms with E-state index in [1.807, 2.05) is 6.07 Å². The minimum atomic E-state index is 0.974. The van der Waals surface area contributed by atoms with Crippen LogP contribution in [-0.2, 0) is 0 Å². The van der Waals surface area contributed by atoms with Gasteiger partial charge < -0.3 is 4.57 Å². The molecule has 2 heterocycles. The largest absolute Gasteiger partial charge is 0.309 e. The van der Waals surface area contributed by atoms with E-state index in [1.54, 1.807) is 0 Å². The lowest BCUT2D eigenvalue weighted by atomic mass is 10.0. The van der Waals surface area contributed by atoms with Crippen LogP contribution in [0.3, 0.4) is 0 Å². The van der Waals surface area contributed by atoms with E-state index in [0.717, 1.165) is 37.8 Å². The standard InChI is InChI=1S/C39H25BrN2/c40-32-11-6-10-29(23-32)30-15-20-34-35-21-16-31(37-22-17-28-9-4-5-12-36(28)41-37)25-39(35)42(38(34)24-30)33-18-13-27(14-19-33)26-7-2-1-3-8-26/h1-25H. The van der Waals surface area contributed by atoms with Crippen LogP contribution in [0.15, 0.2) is 156 Å². The predicted molar refractivity (Wildman–Crippen MR) is 180 cm³/mol. The molecule has 0 aliphatic carbocycles. The second-order valence-corrected chi connectivity index (χ2v) is 11.5. The molecule has 0 radical (unpaired) electrons. The third-order valence-electron chi connectivity index (χ3n) is 8.05. The maximum atomic E-state index is 5.00. The second kappa shape index (κ2) is 10.1. The van der Waals surface area contributed by atoms with Crippen LogP contribution >= 0.6 is 15.9 Å². The number of halogens is 1. The Morgan fingerprint density at radius 2 is 1.07 bits per heavy atom. The third-order valence-corrected chi connectivity index (χ3v) is 8.55. The first kappa shape index (κ1) is 24.8. The maximum absolute atomic E-state index is 5.00. The van der Waals surface area contributed by atoms with Crippen molar-refractivity contribution in [2.75, 3.05) is 0 Å². The van der Waals surface area contributed by atoms with E-state index in [2.05, 4.69) is 166 Å². The van der Waals surface area contributed by atoms with Gasteiger partial charge in [-0.1, -0.05) is 119 Å². The first-order valence-corrected chi connectivity index (χ1v) is 14.9. The first-order valence-electron chi connectivity index (χ1n) is 14.1. The van der Waals surface area contributed by atoms with Crippen molar-refractivity contribution in [3.63, 3.8) is 0 Å². The number of rotatable bonds is 4. The molecule has 0 saturated carbocycles. The monoisotopic (exact) mass is 600 g/mol. The van der Waals surface area contributed by atoms with Crippen LogP contribution in [0.25, 0.3) is 71.9 Å². The minimum Gasteiger partial charge on any atom is -0.309 e. The number of hydrogen-bond acceptors (Lipinski definition) is 1. The van der Waals surface area contributed by atoms with Crippen LogP contribution in [0.2, 0.25) is 0 Å². The summed E-state index contributed by atoms with van der Waals surface area (Å²) in [5.74, 6) is 0. The highest BCUT2D eigenvalue weighted by molar-refractivity contribution is 9.10. The Morgan fingerprint density at radius 1 is 0.452 bits per heavy atom. The molecular weight excluding hydrogens is 576 g/mol. The van der Waals surface area contributed by atoms with Gasteiger partial charge in [0.2, 0.25) is 0 Å². The Morgan fingerprint density at radius 3 is 1.86 bits per heavy atom. The summed E-state index contributed by atoms with van der Waals surface area (Å²) in [6.07, 6.45) is 0. The molecule has 8 rings (SSSR count). The zero-order chi connectivity index (χ0) is 28.0. The van der Waals surface area contributed by atoms with E-state index in [1.165, 1.54) is 38.5 Å². The van der Waals surface area contributed by atoms with Crippen LogP contribution in [0, 0.1) is 0 Å². The fourth-order valence-electron chi connectivity index (χ4n) is 5.96. The Kier molecular flexibility index (Phi) is 5.98. The van der Waals surface area contributed by atoms with Gasteiger partial charge in [-0.25, -0.2) is 4.98 Å². The van der Waals surface area contributed by atoms with E-state index in [0.29, 0.717) is 0 Å². The van der Waals surface area contributed by atoms with Gasteiger partial charge in [0.15, 0.2) is 0 Å². The molecular formula is C39H25BrN2. The molecule has 198 valence electrons. The zero-order valence-corrected chi connectivity index (χ0v) is 24.3. The van der Waals surface area contributed by atoms with Crippen molar-refractivity contribution in [1.29, 1.82) is 0 Å².